The summed E-state index contributed by atoms with van der Waals surface area (Å²) in [5.41, 5.74) is 0.501. The van der Waals surface area contributed by atoms with E-state index in [1.165, 1.54) is 19.1 Å². The molecular formula is C10H8N2O3. The zero-order valence-electron chi connectivity index (χ0n) is 8.27. The largest absolute Gasteiger partial charge is 0.294 e. The van der Waals surface area contributed by atoms with E-state index in [9.17, 15) is 14.9 Å². The number of Topliss-reactive ketones (excluding diaryl/α,β-unsaturated/α-hetero) is 1. The molecule has 0 fully saturated rings. The first-order chi connectivity index (χ1) is 6.97. The molecule has 0 N–H and O–H groups in total. The Morgan fingerprint density at radius 2 is 2.13 bits per heavy atom. The summed E-state index contributed by atoms with van der Waals surface area (Å²) in [5.74, 6) is -0.418. The SMILES string of the molecule is CC(=O)c1cc(C#N)c(C)cc1[N+](=O)[O-]. The third-order valence-electron chi connectivity index (χ3n) is 2.04. The van der Waals surface area contributed by atoms with Crippen molar-refractivity contribution < 1.29 is 9.72 Å². The van der Waals surface area contributed by atoms with Gasteiger partial charge in [0.1, 0.15) is 0 Å². The van der Waals surface area contributed by atoms with Crippen molar-refractivity contribution in [2.24, 2.45) is 0 Å². The molecule has 0 heterocycles. The minimum atomic E-state index is -0.620. The Bertz CT molecular complexity index is 486. The molecule has 0 aromatic heterocycles. The van der Waals surface area contributed by atoms with Crippen LogP contribution in [0.5, 0.6) is 0 Å². The number of nitro benzene ring substituents is 1. The van der Waals surface area contributed by atoms with Crippen LogP contribution in [0.15, 0.2) is 12.1 Å². The van der Waals surface area contributed by atoms with E-state index in [1.807, 2.05) is 6.07 Å². The van der Waals surface area contributed by atoms with E-state index < -0.39 is 10.7 Å². The molecule has 0 spiro atoms. The van der Waals surface area contributed by atoms with Crippen LogP contribution < -0.4 is 0 Å². The Kier molecular flexibility index (Phi) is 2.81. The molecule has 1 rings (SSSR count). The molecule has 1 aromatic rings. The van der Waals surface area contributed by atoms with E-state index in [0.29, 0.717) is 5.56 Å². The zero-order chi connectivity index (χ0) is 11.6. The van der Waals surface area contributed by atoms with Crippen molar-refractivity contribution in [3.05, 3.63) is 38.9 Å². The van der Waals surface area contributed by atoms with Crippen LogP contribution in [-0.2, 0) is 0 Å². The van der Waals surface area contributed by atoms with Gasteiger partial charge in [0.25, 0.3) is 5.69 Å². The van der Waals surface area contributed by atoms with Crippen molar-refractivity contribution in [1.82, 2.24) is 0 Å². The van der Waals surface area contributed by atoms with Crippen LogP contribution in [0.4, 0.5) is 5.69 Å². The molecule has 5 nitrogen and oxygen atoms in total. The molecular weight excluding hydrogens is 196 g/mol. The highest BCUT2D eigenvalue weighted by Crippen LogP contribution is 2.23. The molecule has 0 unspecified atom stereocenters. The quantitative estimate of drug-likeness (QED) is 0.418. The van der Waals surface area contributed by atoms with Gasteiger partial charge in [-0.15, -0.1) is 0 Å². The topological polar surface area (TPSA) is 84.0 Å². The first kappa shape index (κ1) is 10.9. The van der Waals surface area contributed by atoms with Gasteiger partial charge in [0.05, 0.1) is 22.1 Å². The molecule has 0 radical (unpaired) electrons. The highest BCUT2D eigenvalue weighted by molar-refractivity contribution is 5.98. The number of carbonyl (C=O) groups is 1. The number of nitro groups is 1. The highest BCUT2D eigenvalue weighted by atomic mass is 16.6. The Balaban J connectivity index is 3.54. The maximum Gasteiger partial charge on any atom is 0.280 e. The number of nitrogens with zero attached hydrogens (tertiary/aromatic N) is 2. The predicted octanol–water partition coefficient (Wildman–Crippen LogP) is 1.98. The molecule has 0 aliphatic heterocycles. The summed E-state index contributed by atoms with van der Waals surface area (Å²) in [6.07, 6.45) is 0. The number of aryl methyl sites for hydroxylation is 1. The van der Waals surface area contributed by atoms with Gasteiger partial charge < -0.3 is 0 Å². The second-order valence-corrected chi connectivity index (χ2v) is 3.11. The lowest BCUT2D eigenvalue weighted by Crippen LogP contribution is -2.02. The molecule has 15 heavy (non-hydrogen) atoms. The van der Waals surface area contributed by atoms with E-state index in [1.54, 1.807) is 6.92 Å². The zero-order valence-corrected chi connectivity index (χ0v) is 8.27. The summed E-state index contributed by atoms with van der Waals surface area (Å²) < 4.78 is 0. The summed E-state index contributed by atoms with van der Waals surface area (Å²) in [5, 5.41) is 19.4. The van der Waals surface area contributed by atoms with Crippen molar-refractivity contribution in [3.63, 3.8) is 0 Å². The van der Waals surface area contributed by atoms with Gasteiger partial charge in [0.2, 0.25) is 0 Å². The van der Waals surface area contributed by atoms with Gasteiger partial charge in [-0.3, -0.25) is 14.9 Å². The molecule has 0 amide bonds. The fraction of sp³-hybridized carbons (Fsp3) is 0.200. The van der Waals surface area contributed by atoms with Gasteiger partial charge in [-0.1, -0.05) is 0 Å². The Hall–Kier alpha value is -2.22. The van der Waals surface area contributed by atoms with E-state index in [2.05, 4.69) is 0 Å². The Labute approximate surface area is 86.1 Å². The summed E-state index contributed by atoms with van der Waals surface area (Å²) in [6.45, 7) is 2.83. The van der Waals surface area contributed by atoms with Crippen molar-refractivity contribution in [3.8, 4) is 6.07 Å². The smallest absolute Gasteiger partial charge is 0.280 e. The van der Waals surface area contributed by atoms with E-state index >= 15 is 0 Å². The lowest BCUT2D eigenvalue weighted by atomic mass is 10.0. The number of carbonyl (C=O) groups excluding carboxylic acids is 1. The van der Waals surface area contributed by atoms with Gasteiger partial charge in [0, 0.05) is 6.07 Å². The van der Waals surface area contributed by atoms with Gasteiger partial charge in [-0.2, -0.15) is 5.26 Å². The number of hydrogen-bond acceptors (Lipinski definition) is 4. The third-order valence-corrected chi connectivity index (χ3v) is 2.04. The molecule has 1 aromatic carbocycles. The molecule has 0 aliphatic carbocycles. The fourth-order valence-corrected chi connectivity index (χ4v) is 1.25. The predicted molar refractivity (Wildman–Crippen MR) is 52.6 cm³/mol. The molecule has 0 aliphatic rings. The van der Waals surface area contributed by atoms with Crippen molar-refractivity contribution >= 4 is 11.5 Å². The van der Waals surface area contributed by atoms with Crippen LogP contribution in [-0.4, -0.2) is 10.7 Å². The maximum atomic E-state index is 11.1. The van der Waals surface area contributed by atoms with Crippen LogP contribution in [0.1, 0.15) is 28.4 Å². The van der Waals surface area contributed by atoms with Crippen molar-refractivity contribution in [1.29, 1.82) is 5.26 Å². The monoisotopic (exact) mass is 204 g/mol. The van der Waals surface area contributed by atoms with E-state index in [-0.39, 0.29) is 16.8 Å². The number of rotatable bonds is 2. The van der Waals surface area contributed by atoms with Crippen LogP contribution >= 0.6 is 0 Å². The summed E-state index contributed by atoms with van der Waals surface area (Å²) in [7, 11) is 0. The van der Waals surface area contributed by atoms with Gasteiger partial charge >= 0.3 is 0 Å². The van der Waals surface area contributed by atoms with Crippen molar-refractivity contribution in [2.75, 3.05) is 0 Å². The maximum absolute atomic E-state index is 11.1. The molecule has 5 heteroatoms. The third kappa shape index (κ3) is 1.99. The summed E-state index contributed by atoms with van der Waals surface area (Å²) in [4.78, 5) is 21.2. The first-order valence-corrected chi connectivity index (χ1v) is 4.17. The fourth-order valence-electron chi connectivity index (χ4n) is 1.25. The Morgan fingerprint density at radius 3 is 2.53 bits per heavy atom. The number of ketones is 1. The Morgan fingerprint density at radius 1 is 1.53 bits per heavy atom. The second kappa shape index (κ2) is 3.88. The lowest BCUT2D eigenvalue weighted by molar-refractivity contribution is -0.385. The second-order valence-electron chi connectivity index (χ2n) is 3.11. The van der Waals surface area contributed by atoms with Gasteiger partial charge in [0.15, 0.2) is 5.78 Å². The minimum absolute atomic E-state index is 0.0258. The van der Waals surface area contributed by atoms with Crippen molar-refractivity contribution in [2.45, 2.75) is 13.8 Å². The molecule has 76 valence electrons. The average molecular weight is 204 g/mol. The molecule has 0 bridgehead atoms. The van der Waals surface area contributed by atoms with Gasteiger partial charge in [-0.05, 0) is 25.5 Å². The molecule has 0 atom stereocenters. The first-order valence-electron chi connectivity index (χ1n) is 4.17. The van der Waals surface area contributed by atoms with E-state index in [0.717, 1.165) is 0 Å². The standard InChI is InChI=1S/C10H8N2O3/c1-6-3-10(12(14)15)9(7(2)13)4-8(6)5-11/h3-4H,1-2H3. The van der Waals surface area contributed by atoms with Crippen LogP contribution in [0.25, 0.3) is 0 Å². The van der Waals surface area contributed by atoms with Crippen LogP contribution in [0.3, 0.4) is 0 Å². The molecule has 0 saturated heterocycles. The number of hydrogen-bond donors (Lipinski definition) is 0. The normalized spacial score (nSPS) is 9.40. The summed E-state index contributed by atoms with van der Waals surface area (Å²) in [6, 6.07) is 4.39. The van der Waals surface area contributed by atoms with E-state index in [4.69, 9.17) is 5.26 Å². The van der Waals surface area contributed by atoms with Gasteiger partial charge in [-0.25, -0.2) is 0 Å². The van der Waals surface area contributed by atoms with Crippen LogP contribution in [0.2, 0.25) is 0 Å². The summed E-state index contributed by atoms with van der Waals surface area (Å²) >= 11 is 0. The number of benzene rings is 1. The average Bonchev–Trinajstić information content (AvgIpc) is 2.16. The number of nitriles is 1. The molecule has 0 saturated carbocycles. The minimum Gasteiger partial charge on any atom is -0.294 e. The highest BCUT2D eigenvalue weighted by Gasteiger charge is 2.19. The lowest BCUT2D eigenvalue weighted by Gasteiger charge is -2.02. The van der Waals surface area contributed by atoms with Crippen LogP contribution in [0, 0.1) is 28.4 Å².